The first-order valence-electron chi connectivity index (χ1n) is 11.5. The summed E-state index contributed by atoms with van der Waals surface area (Å²) in [4.78, 5) is 44.8. The fraction of sp³-hybridized carbons (Fsp3) is 0.826. The third-order valence-electron chi connectivity index (χ3n) is 4.71. The van der Waals surface area contributed by atoms with Crippen LogP contribution in [0.4, 0.5) is 0 Å². The number of unbranched alkanes of at least 4 members (excludes halogenated alkanes) is 8. The molecule has 0 saturated carbocycles. The van der Waals surface area contributed by atoms with Crippen molar-refractivity contribution in [2.45, 2.75) is 98.3 Å². The lowest BCUT2D eigenvalue weighted by molar-refractivity contribution is -0.162. The van der Waals surface area contributed by atoms with Gasteiger partial charge in [0.1, 0.15) is 0 Å². The number of hydrogen-bond donors (Lipinski definition) is 2. The number of esters is 2. The molecule has 0 aromatic heterocycles. The first kappa shape index (κ1) is 31.1. The zero-order valence-corrected chi connectivity index (χ0v) is 19.7. The maximum absolute atomic E-state index is 11.3. The van der Waals surface area contributed by atoms with Gasteiger partial charge >= 0.3 is 23.9 Å². The lowest BCUT2D eigenvalue weighted by Crippen LogP contribution is -2.34. The topological polar surface area (TPSA) is 127 Å². The molecule has 0 radical (unpaired) electrons. The van der Waals surface area contributed by atoms with Gasteiger partial charge in [0.2, 0.25) is 0 Å². The Morgan fingerprint density at radius 1 is 0.581 bits per heavy atom. The maximum Gasteiger partial charge on any atom is 0.307 e. The largest absolute Gasteiger partial charge is 0.481 e. The molecule has 0 bridgehead atoms. The van der Waals surface area contributed by atoms with Gasteiger partial charge in [-0.1, -0.05) is 71.6 Å². The third kappa shape index (κ3) is 18.4. The van der Waals surface area contributed by atoms with Crippen molar-refractivity contribution in [3.05, 3.63) is 0 Å². The van der Waals surface area contributed by atoms with Gasteiger partial charge in [-0.05, 0) is 13.8 Å². The minimum absolute atomic E-state index is 0.0563. The minimum atomic E-state index is -1.55. The Balaban J connectivity index is 0. The van der Waals surface area contributed by atoms with Crippen LogP contribution in [0.15, 0.2) is 0 Å². The standard InChI is InChI=1S/C12H18O8.C11H24/c1-3-19-9(13)5-7(11(15)16)8(12(17)18)6-10(14)20-4-2;1-3-5-7-9-11-10-8-6-4-2/h7-8H,3-6H2,1-2H3,(H,15,16)(H,17,18);3-11H2,1-2H3. The van der Waals surface area contributed by atoms with Crippen LogP contribution in [0.5, 0.6) is 0 Å². The van der Waals surface area contributed by atoms with Crippen molar-refractivity contribution >= 4 is 23.9 Å². The molecule has 31 heavy (non-hydrogen) atoms. The molecular weight excluding hydrogens is 404 g/mol. The number of carboxylic acid groups (broad SMARTS) is 2. The number of ether oxygens (including phenoxy) is 2. The van der Waals surface area contributed by atoms with Gasteiger partial charge in [0.25, 0.3) is 0 Å². The van der Waals surface area contributed by atoms with Crippen LogP contribution >= 0.6 is 0 Å². The fourth-order valence-electron chi connectivity index (χ4n) is 2.99. The number of rotatable bonds is 17. The molecule has 0 fully saturated rings. The average molecular weight is 447 g/mol. The van der Waals surface area contributed by atoms with E-state index in [-0.39, 0.29) is 13.2 Å². The SMILES string of the molecule is CCCCCCCCCCC.CCOC(=O)CC(C(=O)O)C(CC(=O)OCC)C(=O)O. The monoisotopic (exact) mass is 446 g/mol. The lowest BCUT2D eigenvalue weighted by Gasteiger charge is -2.18. The van der Waals surface area contributed by atoms with Gasteiger partial charge in [0, 0.05) is 0 Å². The molecule has 0 aliphatic rings. The summed E-state index contributed by atoms with van der Waals surface area (Å²) in [6.07, 6.45) is 11.7. The first-order chi connectivity index (χ1) is 14.7. The van der Waals surface area contributed by atoms with Crippen molar-refractivity contribution in [2.24, 2.45) is 11.8 Å². The maximum atomic E-state index is 11.3. The molecule has 8 nitrogen and oxygen atoms in total. The van der Waals surface area contributed by atoms with E-state index in [0.29, 0.717) is 0 Å². The van der Waals surface area contributed by atoms with Gasteiger partial charge in [0.05, 0.1) is 37.9 Å². The predicted octanol–water partition coefficient (Wildman–Crippen LogP) is 4.83. The molecule has 0 heterocycles. The average Bonchev–Trinajstić information content (AvgIpc) is 2.70. The van der Waals surface area contributed by atoms with E-state index in [4.69, 9.17) is 10.2 Å². The Hall–Kier alpha value is -2.12. The Morgan fingerprint density at radius 3 is 1.10 bits per heavy atom. The van der Waals surface area contributed by atoms with Crippen LogP contribution < -0.4 is 0 Å². The molecule has 2 N–H and O–H groups in total. The van der Waals surface area contributed by atoms with Crippen molar-refractivity contribution < 1.29 is 38.9 Å². The summed E-state index contributed by atoms with van der Waals surface area (Å²) in [6, 6.07) is 0. The molecule has 0 aromatic rings. The van der Waals surface area contributed by atoms with Gasteiger partial charge in [-0.15, -0.1) is 0 Å². The highest BCUT2D eigenvalue weighted by atomic mass is 16.5. The normalized spacial score (nSPS) is 12.1. The van der Waals surface area contributed by atoms with Crippen LogP contribution in [0.3, 0.4) is 0 Å². The second kappa shape index (κ2) is 21.1. The zero-order valence-electron chi connectivity index (χ0n) is 19.7. The minimum Gasteiger partial charge on any atom is -0.481 e. The molecule has 0 aliphatic heterocycles. The third-order valence-corrected chi connectivity index (χ3v) is 4.71. The Kier molecular flexibility index (Phi) is 21.2. The van der Waals surface area contributed by atoms with Gasteiger partial charge in [-0.2, -0.15) is 0 Å². The van der Waals surface area contributed by atoms with Gasteiger partial charge in [0.15, 0.2) is 0 Å². The second-order valence-corrected chi connectivity index (χ2v) is 7.38. The lowest BCUT2D eigenvalue weighted by atomic mass is 9.87. The highest BCUT2D eigenvalue weighted by Gasteiger charge is 2.37. The highest BCUT2D eigenvalue weighted by molar-refractivity contribution is 5.87. The Morgan fingerprint density at radius 2 is 0.871 bits per heavy atom. The molecule has 0 aromatic carbocycles. The number of aliphatic carboxylic acids is 2. The fourth-order valence-corrected chi connectivity index (χ4v) is 2.99. The van der Waals surface area contributed by atoms with Gasteiger partial charge in [-0.25, -0.2) is 0 Å². The molecule has 8 heteroatoms. The molecule has 2 unspecified atom stereocenters. The van der Waals surface area contributed by atoms with Crippen molar-refractivity contribution in [1.29, 1.82) is 0 Å². The molecule has 182 valence electrons. The van der Waals surface area contributed by atoms with E-state index in [9.17, 15) is 19.2 Å². The van der Waals surface area contributed by atoms with Crippen molar-refractivity contribution in [1.82, 2.24) is 0 Å². The molecule has 0 aliphatic carbocycles. The number of carbonyl (C=O) groups excluding carboxylic acids is 2. The smallest absolute Gasteiger partial charge is 0.307 e. The van der Waals surface area contributed by atoms with Crippen LogP contribution in [-0.4, -0.2) is 47.3 Å². The summed E-state index contributed by atoms with van der Waals surface area (Å²) in [5.74, 6) is -7.69. The summed E-state index contributed by atoms with van der Waals surface area (Å²) in [5.41, 5.74) is 0. The number of carboxylic acids is 2. The van der Waals surface area contributed by atoms with Gasteiger partial charge in [-0.3, -0.25) is 19.2 Å². The highest BCUT2D eigenvalue weighted by Crippen LogP contribution is 2.22. The molecular formula is C23H42O8. The summed E-state index contributed by atoms with van der Waals surface area (Å²) >= 11 is 0. The summed E-state index contributed by atoms with van der Waals surface area (Å²) < 4.78 is 9.19. The van der Waals surface area contributed by atoms with E-state index < -0.39 is 48.6 Å². The molecule has 0 rings (SSSR count). The van der Waals surface area contributed by atoms with E-state index in [1.807, 2.05) is 0 Å². The molecule has 0 saturated heterocycles. The van der Waals surface area contributed by atoms with E-state index in [0.717, 1.165) is 0 Å². The molecule has 2 atom stereocenters. The summed E-state index contributed by atoms with van der Waals surface area (Å²) in [7, 11) is 0. The van der Waals surface area contributed by atoms with Crippen molar-refractivity contribution in [3.8, 4) is 0 Å². The second-order valence-electron chi connectivity index (χ2n) is 7.38. The van der Waals surface area contributed by atoms with Crippen LogP contribution in [0.25, 0.3) is 0 Å². The molecule has 0 amide bonds. The van der Waals surface area contributed by atoms with E-state index in [1.54, 1.807) is 13.8 Å². The van der Waals surface area contributed by atoms with Crippen LogP contribution in [0.2, 0.25) is 0 Å². The quantitative estimate of drug-likeness (QED) is 0.240. The first-order valence-corrected chi connectivity index (χ1v) is 11.5. The predicted molar refractivity (Wildman–Crippen MR) is 118 cm³/mol. The van der Waals surface area contributed by atoms with Crippen molar-refractivity contribution in [2.75, 3.05) is 13.2 Å². The van der Waals surface area contributed by atoms with Crippen LogP contribution in [0, 0.1) is 11.8 Å². The van der Waals surface area contributed by atoms with E-state index in [2.05, 4.69) is 23.3 Å². The zero-order chi connectivity index (χ0) is 24.1. The van der Waals surface area contributed by atoms with Crippen molar-refractivity contribution in [3.63, 3.8) is 0 Å². The van der Waals surface area contributed by atoms with Crippen LogP contribution in [0.1, 0.15) is 98.3 Å². The van der Waals surface area contributed by atoms with E-state index >= 15 is 0 Å². The van der Waals surface area contributed by atoms with Crippen LogP contribution in [-0.2, 0) is 28.7 Å². The molecule has 0 spiro atoms. The summed E-state index contributed by atoms with van der Waals surface area (Å²) in [5, 5.41) is 18.1. The Bertz CT molecular complexity index is 460. The summed E-state index contributed by atoms with van der Waals surface area (Å²) in [6.45, 7) is 7.75. The van der Waals surface area contributed by atoms with E-state index in [1.165, 1.54) is 57.8 Å². The number of hydrogen-bond acceptors (Lipinski definition) is 6. The van der Waals surface area contributed by atoms with Gasteiger partial charge < -0.3 is 19.7 Å². The number of carbonyl (C=O) groups is 4. The Labute approximate surface area is 186 Å².